The van der Waals surface area contributed by atoms with E-state index in [1.54, 1.807) is 7.11 Å². The summed E-state index contributed by atoms with van der Waals surface area (Å²) in [6.07, 6.45) is 2.56. The summed E-state index contributed by atoms with van der Waals surface area (Å²) in [5.41, 5.74) is 6.15. The number of H-pyrrole nitrogens is 1. The molecule has 35 heavy (non-hydrogen) atoms. The minimum Gasteiger partial charge on any atom is -0.497 e. The van der Waals surface area contributed by atoms with Gasteiger partial charge in [-0.3, -0.25) is 10.00 Å². The Bertz CT molecular complexity index is 1260. The first-order valence-corrected chi connectivity index (χ1v) is 12.0. The maximum atomic E-state index is 5.26. The number of anilines is 1. The van der Waals surface area contributed by atoms with Crippen LogP contribution in [0.4, 0.5) is 5.82 Å². The summed E-state index contributed by atoms with van der Waals surface area (Å²) in [6, 6.07) is 16.5. The van der Waals surface area contributed by atoms with Crippen LogP contribution in [0.25, 0.3) is 11.4 Å². The molecule has 0 amide bonds. The molecule has 0 spiro atoms. The zero-order valence-electron chi connectivity index (χ0n) is 20.5. The van der Waals surface area contributed by atoms with Crippen molar-refractivity contribution in [2.24, 2.45) is 0 Å². The molecular formula is C27H31N7O. The van der Waals surface area contributed by atoms with Gasteiger partial charge >= 0.3 is 0 Å². The number of nitrogens with one attached hydrogen (secondary N) is 1. The van der Waals surface area contributed by atoms with Crippen LogP contribution in [-0.4, -0.2) is 63.3 Å². The SMILES string of the molecule is COc1ccc(CN2CCN(c3ccc(-c4nc(C)cc(Cc5cc(C)[nH]n5)n4)cn3)CC2)cc1. The molecule has 8 heteroatoms. The Balaban J connectivity index is 1.21. The minimum absolute atomic E-state index is 0.674. The van der Waals surface area contributed by atoms with Crippen molar-refractivity contribution in [3.63, 3.8) is 0 Å². The van der Waals surface area contributed by atoms with E-state index >= 15 is 0 Å². The number of rotatable bonds is 7. The van der Waals surface area contributed by atoms with Gasteiger partial charge < -0.3 is 9.64 Å². The zero-order chi connectivity index (χ0) is 24.2. The van der Waals surface area contributed by atoms with Crippen LogP contribution >= 0.6 is 0 Å². The molecular weight excluding hydrogens is 438 g/mol. The molecule has 1 aliphatic rings. The second-order valence-electron chi connectivity index (χ2n) is 9.06. The summed E-state index contributed by atoms with van der Waals surface area (Å²) in [4.78, 5) is 19.0. The van der Waals surface area contributed by atoms with Gasteiger partial charge in [-0.15, -0.1) is 0 Å². The third-order valence-electron chi connectivity index (χ3n) is 6.30. The summed E-state index contributed by atoms with van der Waals surface area (Å²) in [5, 5.41) is 7.32. The van der Waals surface area contributed by atoms with Crippen LogP contribution in [0.1, 0.15) is 28.3 Å². The van der Waals surface area contributed by atoms with E-state index in [2.05, 4.69) is 49.2 Å². The van der Waals surface area contributed by atoms with Gasteiger partial charge in [0.2, 0.25) is 0 Å². The number of aromatic nitrogens is 5. The van der Waals surface area contributed by atoms with Crippen molar-refractivity contribution in [2.45, 2.75) is 26.8 Å². The van der Waals surface area contributed by atoms with E-state index in [1.807, 2.05) is 44.3 Å². The van der Waals surface area contributed by atoms with Crippen LogP contribution < -0.4 is 9.64 Å². The van der Waals surface area contributed by atoms with Gasteiger partial charge in [-0.1, -0.05) is 12.1 Å². The first-order valence-electron chi connectivity index (χ1n) is 12.0. The van der Waals surface area contributed by atoms with Crippen LogP contribution in [0.15, 0.2) is 54.7 Å². The number of benzene rings is 1. The van der Waals surface area contributed by atoms with Crippen molar-refractivity contribution < 1.29 is 4.74 Å². The first-order chi connectivity index (χ1) is 17.1. The molecule has 0 atom stereocenters. The van der Waals surface area contributed by atoms with Crippen LogP contribution in [-0.2, 0) is 13.0 Å². The minimum atomic E-state index is 0.674. The van der Waals surface area contributed by atoms with E-state index in [0.717, 1.165) is 72.6 Å². The van der Waals surface area contributed by atoms with Gasteiger partial charge in [0.1, 0.15) is 11.6 Å². The molecule has 5 rings (SSSR count). The third-order valence-corrected chi connectivity index (χ3v) is 6.30. The molecule has 0 saturated carbocycles. The monoisotopic (exact) mass is 469 g/mol. The van der Waals surface area contributed by atoms with Gasteiger partial charge in [0, 0.05) is 62.3 Å². The highest BCUT2D eigenvalue weighted by Crippen LogP contribution is 2.21. The molecule has 1 aromatic carbocycles. The molecule has 3 aromatic heterocycles. The number of hydrogen-bond donors (Lipinski definition) is 1. The highest BCUT2D eigenvalue weighted by atomic mass is 16.5. The molecule has 0 radical (unpaired) electrons. The Kier molecular flexibility index (Phi) is 6.72. The molecule has 1 aliphatic heterocycles. The molecule has 8 nitrogen and oxygen atoms in total. The number of nitrogens with zero attached hydrogens (tertiary/aromatic N) is 6. The molecule has 1 fully saturated rings. The lowest BCUT2D eigenvalue weighted by molar-refractivity contribution is 0.249. The van der Waals surface area contributed by atoms with Crippen LogP contribution in [0.5, 0.6) is 5.75 Å². The number of pyridine rings is 1. The van der Waals surface area contributed by atoms with Crippen LogP contribution in [0, 0.1) is 13.8 Å². The summed E-state index contributed by atoms with van der Waals surface area (Å²) < 4.78 is 5.26. The lowest BCUT2D eigenvalue weighted by Gasteiger charge is -2.35. The number of piperazine rings is 1. The van der Waals surface area contributed by atoms with Gasteiger partial charge in [0.15, 0.2) is 5.82 Å². The van der Waals surface area contributed by atoms with Crippen molar-refractivity contribution >= 4 is 5.82 Å². The number of aromatic amines is 1. The molecule has 4 aromatic rings. The number of hydrogen-bond acceptors (Lipinski definition) is 7. The fraction of sp³-hybridized carbons (Fsp3) is 0.333. The lowest BCUT2D eigenvalue weighted by atomic mass is 10.1. The average molecular weight is 470 g/mol. The van der Waals surface area contributed by atoms with Crippen molar-refractivity contribution in [3.8, 4) is 17.1 Å². The summed E-state index contributed by atoms with van der Waals surface area (Å²) >= 11 is 0. The number of aryl methyl sites for hydroxylation is 2. The summed E-state index contributed by atoms with van der Waals surface area (Å²) in [7, 11) is 1.70. The van der Waals surface area contributed by atoms with Crippen LogP contribution in [0.3, 0.4) is 0 Å². The Morgan fingerprint density at radius 3 is 2.37 bits per heavy atom. The van der Waals surface area contributed by atoms with Gasteiger partial charge in [-0.2, -0.15) is 5.10 Å². The normalized spacial score (nSPS) is 14.3. The number of methoxy groups -OCH3 is 1. The predicted octanol–water partition coefficient (Wildman–Crippen LogP) is 3.80. The summed E-state index contributed by atoms with van der Waals surface area (Å²) in [5.74, 6) is 2.60. The topological polar surface area (TPSA) is 83.1 Å². The zero-order valence-corrected chi connectivity index (χ0v) is 20.5. The van der Waals surface area contributed by atoms with Gasteiger partial charge in [-0.05, 0) is 55.8 Å². The van der Waals surface area contributed by atoms with Crippen LogP contribution in [0.2, 0.25) is 0 Å². The van der Waals surface area contributed by atoms with Crippen molar-refractivity contribution in [2.75, 3.05) is 38.2 Å². The molecule has 1 N–H and O–H groups in total. The van der Waals surface area contributed by atoms with E-state index in [1.165, 1.54) is 5.56 Å². The first kappa shape index (κ1) is 23.0. The Morgan fingerprint density at radius 1 is 0.914 bits per heavy atom. The van der Waals surface area contributed by atoms with Crippen molar-refractivity contribution in [1.29, 1.82) is 0 Å². The maximum absolute atomic E-state index is 5.26. The second-order valence-corrected chi connectivity index (χ2v) is 9.06. The highest BCUT2D eigenvalue weighted by Gasteiger charge is 2.18. The quantitative estimate of drug-likeness (QED) is 0.441. The second kappa shape index (κ2) is 10.2. The smallest absolute Gasteiger partial charge is 0.161 e. The molecule has 0 unspecified atom stereocenters. The molecule has 0 bridgehead atoms. The van der Waals surface area contributed by atoms with Crippen molar-refractivity contribution in [1.82, 2.24) is 30.0 Å². The molecule has 180 valence electrons. The molecule has 0 aliphatic carbocycles. The largest absolute Gasteiger partial charge is 0.497 e. The Labute approximate surface area is 206 Å². The summed E-state index contributed by atoms with van der Waals surface area (Å²) in [6.45, 7) is 8.88. The van der Waals surface area contributed by atoms with E-state index in [-0.39, 0.29) is 0 Å². The standard InChI is InChI=1S/C27H31N7O/c1-19-14-23(16-24-15-20(2)31-32-24)30-27(29-19)22-6-9-26(28-17-22)34-12-10-33(11-13-34)18-21-4-7-25(35-3)8-5-21/h4-9,14-15,17H,10-13,16,18H2,1-3H3,(H,31,32). The van der Waals surface area contributed by atoms with E-state index in [0.29, 0.717) is 12.2 Å². The average Bonchev–Trinajstić information content (AvgIpc) is 3.29. The predicted molar refractivity (Wildman–Crippen MR) is 137 cm³/mol. The Morgan fingerprint density at radius 2 is 1.71 bits per heavy atom. The van der Waals surface area contributed by atoms with Crippen molar-refractivity contribution in [3.05, 3.63) is 83.1 Å². The van der Waals surface area contributed by atoms with E-state index in [4.69, 9.17) is 14.7 Å². The molecule has 1 saturated heterocycles. The van der Waals surface area contributed by atoms with Gasteiger partial charge in [-0.25, -0.2) is 15.0 Å². The Hall–Kier alpha value is -3.78. The highest BCUT2D eigenvalue weighted by molar-refractivity contribution is 5.57. The van der Waals surface area contributed by atoms with Gasteiger partial charge in [0.05, 0.1) is 18.5 Å². The fourth-order valence-electron chi connectivity index (χ4n) is 4.43. The van der Waals surface area contributed by atoms with E-state index < -0.39 is 0 Å². The lowest BCUT2D eigenvalue weighted by Crippen LogP contribution is -2.46. The third kappa shape index (κ3) is 5.66. The fourth-order valence-corrected chi connectivity index (χ4v) is 4.43. The van der Waals surface area contributed by atoms with Gasteiger partial charge in [0.25, 0.3) is 0 Å². The molecule has 4 heterocycles. The maximum Gasteiger partial charge on any atom is 0.161 e. The van der Waals surface area contributed by atoms with E-state index in [9.17, 15) is 0 Å². The number of ether oxygens (including phenoxy) is 1.